The normalized spacial score (nSPS) is 16.7. The smallest absolute Gasteiger partial charge is 0.140 e. The van der Waals surface area contributed by atoms with Crippen LogP contribution in [0.1, 0.15) is 11.9 Å². The second-order valence-electron chi connectivity index (χ2n) is 3.97. The van der Waals surface area contributed by atoms with Crippen molar-refractivity contribution < 1.29 is 24.8 Å². The number of imidazole rings is 1. The monoisotopic (exact) mass is 256 g/mol. The maximum absolute atomic E-state index is 13.0. The Morgan fingerprint density at radius 3 is 2.67 bits per heavy atom. The number of aliphatic hydroxyl groups is 4. The highest BCUT2D eigenvalue weighted by Gasteiger charge is 2.27. The first kappa shape index (κ1) is 12.9. The van der Waals surface area contributed by atoms with E-state index in [1.807, 2.05) is 0 Å². The molecule has 18 heavy (non-hydrogen) atoms. The minimum Gasteiger partial charge on any atom is -0.394 e. The molecule has 1 heterocycles. The number of hydrogen-bond donors (Lipinski definition) is 5. The van der Waals surface area contributed by atoms with Gasteiger partial charge in [0.2, 0.25) is 0 Å². The van der Waals surface area contributed by atoms with Gasteiger partial charge in [-0.3, -0.25) is 0 Å². The fraction of sp³-hybridized carbons (Fsp3) is 0.364. The van der Waals surface area contributed by atoms with Crippen molar-refractivity contribution in [2.24, 2.45) is 0 Å². The number of H-pyrrole nitrogens is 1. The summed E-state index contributed by atoms with van der Waals surface area (Å²) >= 11 is 0. The van der Waals surface area contributed by atoms with Gasteiger partial charge in [0.05, 0.1) is 17.6 Å². The van der Waals surface area contributed by atoms with Gasteiger partial charge in [-0.1, -0.05) is 0 Å². The molecule has 0 fully saturated rings. The summed E-state index contributed by atoms with van der Waals surface area (Å²) in [4.78, 5) is 6.61. The predicted octanol–water partition coefficient (Wildman–Crippen LogP) is -0.550. The van der Waals surface area contributed by atoms with Gasteiger partial charge >= 0.3 is 0 Å². The van der Waals surface area contributed by atoms with E-state index in [1.165, 1.54) is 18.2 Å². The molecule has 0 saturated carbocycles. The van der Waals surface area contributed by atoms with E-state index < -0.39 is 30.7 Å². The third-order valence-electron chi connectivity index (χ3n) is 2.65. The lowest BCUT2D eigenvalue weighted by molar-refractivity contribution is -0.0800. The number of aliphatic hydroxyl groups excluding tert-OH is 4. The molecule has 0 radical (unpaired) electrons. The highest BCUT2D eigenvalue weighted by atomic mass is 19.1. The van der Waals surface area contributed by atoms with Gasteiger partial charge in [-0.25, -0.2) is 9.37 Å². The summed E-state index contributed by atoms with van der Waals surface area (Å²) in [6, 6.07) is 3.85. The summed E-state index contributed by atoms with van der Waals surface area (Å²) in [5.74, 6) is -0.460. The van der Waals surface area contributed by atoms with Crippen molar-refractivity contribution in [3.63, 3.8) is 0 Å². The van der Waals surface area contributed by atoms with Gasteiger partial charge in [0.1, 0.15) is 30.0 Å². The Balaban J connectivity index is 2.30. The molecule has 5 N–H and O–H groups in total. The molecule has 0 aliphatic rings. The van der Waals surface area contributed by atoms with Crippen LogP contribution in [0.15, 0.2) is 18.2 Å². The molecule has 2 rings (SSSR count). The standard InChI is InChI=1S/C11H13FN2O4/c12-5-1-2-6-7(3-5)14-11(13-6)10(18)9(17)8(16)4-15/h1-3,8-10,15-18H,4H2,(H,13,14)/t8-,9-,10-/m1/s1. The van der Waals surface area contributed by atoms with E-state index in [9.17, 15) is 19.7 Å². The van der Waals surface area contributed by atoms with Crippen molar-refractivity contribution >= 4 is 11.0 Å². The van der Waals surface area contributed by atoms with Gasteiger partial charge in [0.25, 0.3) is 0 Å². The SMILES string of the molecule is OC[C@@H](O)[C@@H](O)[C@@H](O)c1nc2ccc(F)cc2[nH]1. The van der Waals surface area contributed by atoms with Crippen LogP contribution in [0.3, 0.4) is 0 Å². The van der Waals surface area contributed by atoms with E-state index in [0.717, 1.165) is 0 Å². The molecule has 0 amide bonds. The fourth-order valence-corrected chi connectivity index (χ4v) is 1.62. The summed E-state index contributed by atoms with van der Waals surface area (Å²) in [6.07, 6.45) is -4.56. The van der Waals surface area contributed by atoms with Crippen LogP contribution in [0.5, 0.6) is 0 Å². The minimum absolute atomic E-state index is 0.00407. The number of nitrogens with one attached hydrogen (secondary N) is 1. The first-order valence-electron chi connectivity index (χ1n) is 5.33. The zero-order valence-corrected chi connectivity index (χ0v) is 9.29. The lowest BCUT2D eigenvalue weighted by Crippen LogP contribution is -2.35. The topological polar surface area (TPSA) is 110 Å². The van der Waals surface area contributed by atoms with E-state index in [-0.39, 0.29) is 5.82 Å². The maximum Gasteiger partial charge on any atom is 0.140 e. The largest absolute Gasteiger partial charge is 0.394 e. The van der Waals surface area contributed by atoms with E-state index >= 15 is 0 Å². The van der Waals surface area contributed by atoms with Gasteiger partial charge in [0, 0.05) is 0 Å². The van der Waals surface area contributed by atoms with E-state index in [0.29, 0.717) is 11.0 Å². The molecule has 0 spiro atoms. The average Bonchev–Trinajstić information content (AvgIpc) is 2.78. The Kier molecular flexibility index (Phi) is 3.58. The molecular formula is C11H13FN2O4. The Labute approximate surface area is 101 Å². The van der Waals surface area contributed by atoms with Crippen LogP contribution in [0.4, 0.5) is 4.39 Å². The van der Waals surface area contributed by atoms with Crippen LogP contribution < -0.4 is 0 Å². The lowest BCUT2D eigenvalue weighted by Gasteiger charge is -2.19. The Morgan fingerprint density at radius 1 is 1.28 bits per heavy atom. The van der Waals surface area contributed by atoms with Crippen LogP contribution in [0, 0.1) is 5.82 Å². The summed E-state index contributed by atoms with van der Waals surface area (Å²) in [5.41, 5.74) is 0.797. The summed E-state index contributed by atoms with van der Waals surface area (Å²) in [6.45, 7) is -0.687. The number of aromatic amines is 1. The number of rotatable bonds is 4. The highest BCUT2D eigenvalue weighted by Crippen LogP contribution is 2.20. The van der Waals surface area contributed by atoms with Crippen LogP contribution in [0.25, 0.3) is 11.0 Å². The lowest BCUT2D eigenvalue weighted by atomic mass is 10.1. The second-order valence-corrected chi connectivity index (χ2v) is 3.97. The van der Waals surface area contributed by atoms with Crippen LogP contribution >= 0.6 is 0 Å². The average molecular weight is 256 g/mol. The fourth-order valence-electron chi connectivity index (χ4n) is 1.62. The molecule has 98 valence electrons. The number of benzene rings is 1. The predicted molar refractivity (Wildman–Crippen MR) is 60.1 cm³/mol. The summed E-state index contributed by atoms with van der Waals surface area (Å²) < 4.78 is 13.0. The Hall–Kier alpha value is -1.54. The number of halogens is 1. The first-order chi connectivity index (χ1) is 8.52. The summed E-state index contributed by atoms with van der Waals surface area (Å²) in [5, 5.41) is 37.2. The molecule has 1 aromatic carbocycles. The molecule has 2 aromatic rings. The zero-order valence-electron chi connectivity index (χ0n) is 9.29. The molecule has 3 atom stereocenters. The van der Waals surface area contributed by atoms with Crippen LogP contribution in [-0.2, 0) is 0 Å². The quantitative estimate of drug-likeness (QED) is 0.504. The molecule has 0 aliphatic heterocycles. The molecule has 0 aliphatic carbocycles. The van der Waals surface area contributed by atoms with Crippen molar-refractivity contribution in [1.29, 1.82) is 0 Å². The van der Waals surface area contributed by atoms with Gasteiger partial charge < -0.3 is 25.4 Å². The minimum atomic E-state index is -1.58. The van der Waals surface area contributed by atoms with Crippen molar-refractivity contribution in [3.05, 3.63) is 29.8 Å². The maximum atomic E-state index is 13.0. The third-order valence-corrected chi connectivity index (χ3v) is 2.65. The Bertz CT molecular complexity index is 545. The third kappa shape index (κ3) is 2.34. The van der Waals surface area contributed by atoms with E-state index in [4.69, 9.17) is 5.11 Å². The molecule has 0 bridgehead atoms. The number of nitrogens with zero attached hydrogens (tertiary/aromatic N) is 1. The van der Waals surface area contributed by atoms with Crippen LogP contribution in [-0.4, -0.2) is 49.2 Å². The van der Waals surface area contributed by atoms with Crippen molar-refractivity contribution in [2.75, 3.05) is 6.61 Å². The molecule has 0 unspecified atom stereocenters. The molecule has 0 saturated heterocycles. The van der Waals surface area contributed by atoms with Crippen molar-refractivity contribution in [1.82, 2.24) is 9.97 Å². The van der Waals surface area contributed by atoms with Gasteiger partial charge in [-0.2, -0.15) is 0 Å². The van der Waals surface area contributed by atoms with E-state index in [2.05, 4.69) is 9.97 Å². The number of fused-ring (bicyclic) bond motifs is 1. The van der Waals surface area contributed by atoms with Gasteiger partial charge in [0.15, 0.2) is 0 Å². The molecular weight excluding hydrogens is 243 g/mol. The van der Waals surface area contributed by atoms with Crippen molar-refractivity contribution in [2.45, 2.75) is 18.3 Å². The zero-order chi connectivity index (χ0) is 13.3. The highest BCUT2D eigenvalue weighted by molar-refractivity contribution is 5.75. The molecule has 7 heteroatoms. The summed E-state index contributed by atoms with van der Waals surface area (Å²) in [7, 11) is 0. The van der Waals surface area contributed by atoms with E-state index in [1.54, 1.807) is 0 Å². The first-order valence-corrected chi connectivity index (χ1v) is 5.33. The van der Waals surface area contributed by atoms with Crippen molar-refractivity contribution in [3.8, 4) is 0 Å². The van der Waals surface area contributed by atoms with Gasteiger partial charge in [-0.15, -0.1) is 0 Å². The van der Waals surface area contributed by atoms with Crippen LogP contribution in [0.2, 0.25) is 0 Å². The van der Waals surface area contributed by atoms with Gasteiger partial charge in [-0.05, 0) is 18.2 Å². The molecule has 1 aromatic heterocycles. The second kappa shape index (κ2) is 4.99. The number of aromatic nitrogens is 2. The number of hydrogen-bond acceptors (Lipinski definition) is 5. The Morgan fingerprint density at radius 2 is 2.00 bits per heavy atom. The molecule has 6 nitrogen and oxygen atoms in total.